The number of thiocarbonyl (C=S) groups is 1. The molecule has 0 bridgehead atoms. The highest BCUT2D eigenvalue weighted by atomic mass is 32.1. The van der Waals surface area contributed by atoms with Crippen molar-refractivity contribution in [2.45, 2.75) is 0 Å². The molecule has 0 amide bonds. The molecule has 0 radical (unpaired) electrons. The van der Waals surface area contributed by atoms with Gasteiger partial charge in [0.1, 0.15) is 0 Å². The Morgan fingerprint density at radius 1 is 1.62 bits per heavy atom. The van der Waals surface area contributed by atoms with Crippen molar-refractivity contribution < 1.29 is 0 Å². The van der Waals surface area contributed by atoms with Gasteiger partial charge in [-0.1, -0.05) is 0 Å². The molecule has 0 aliphatic carbocycles. The molecule has 8 heavy (non-hydrogen) atoms. The predicted molar refractivity (Wildman–Crippen MR) is 36.7 cm³/mol. The Balaban J connectivity index is 3.05. The van der Waals surface area contributed by atoms with Crippen molar-refractivity contribution in [3.05, 3.63) is 0 Å². The van der Waals surface area contributed by atoms with Gasteiger partial charge in [-0.25, -0.2) is 5.01 Å². The van der Waals surface area contributed by atoms with Gasteiger partial charge in [0.2, 0.25) is 0 Å². The lowest BCUT2D eigenvalue weighted by Crippen LogP contribution is -2.47. The molecule has 0 fully saturated rings. The molecule has 5 heteroatoms. The minimum Gasteiger partial charge on any atom is -0.375 e. The third-order valence-electron chi connectivity index (χ3n) is 0.403. The van der Waals surface area contributed by atoms with Crippen molar-refractivity contribution in [2.24, 2.45) is 5.73 Å². The largest absolute Gasteiger partial charge is 0.375 e. The Kier molecular flexibility index (Phi) is 3.42. The van der Waals surface area contributed by atoms with Crippen molar-refractivity contribution in [3.8, 4) is 0 Å². The van der Waals surface area contributed by atoms with Gasteiger partial charge in [0, 0.05) is 14.1 Å². The smallest absolute Gasteiger partial charge is 0.179 e. The minimum absolute atomic E-state index is 0.235. The minimum atomic E-state index is 0.235. The standard InChI is InChI=1S/C3H10N4S/c1-7(2)6-5-3(4)8/h6H,1-2H3,(H3,4,5,8). The molecule has 48 valence electrons. The van der Waals surface area contributed by atoms with E-state index < -0.39 is 0 Å². The van der Waals surface area contributed by atoms with E-state index in [2.05, 4.69) is 23.2 Å². The molecule has 0 saturated carbocycles. The zero-order valence-corrected chi connectivity index (χ0v) is 5.75. The Labute approximate surface area is 54.0 Å². The van der Waals surface area contributed by atoms with Crippen LogP contribution < -0.4 is 16.7 Å². The van der Waals surface area contributed by atoms with Gasteiger partial charge in [-0.2, -0.15) is 5.53 Å². The van der Waals surface area contributed by atoms with E-state index in [1.54, 1.807) is 5.01 Å². The Hall–Kier alpha value is -0.390. The fourth-order valence-electron chi connectivity index (χ4n) is 0.167. The number of nitrogens with two attached hydrogens (primary N) is 1. The van der Waals surface area contributed by atoms with Gasteiger partial charge in [-0.15, -0.1) is 0 Å². The SMILES string of the molecule is CN(C)NNC(N)=S. The lowest BCUT2D eigenvalue weighted by molar-refractivity contribution is 0.269. The third-order valence-corrected chi connectivity index (χ3v) is 0.505. The highest BCUT2D eigenvalue weighted by molar-refractivity contribution is 7.80. The van der Waals surface area contributed by atoms with Crippen LogP contribution >= 0.6 is 12.2 Å². The highest BCUT2D eigenvalue weighted by Gasteiger charge is 1.83. The van der Waals surface area contributed by atoms with Gasteiger partial charge in [0.15, 0.2) is 5.11 Å². The first kappa shape index (κ1) is 7.61. The van der Waals surface area contributed by atoms with E-state index in [9.17, 15) is 0 Å². The lowest BCUT2D eigenvalue weighted by atomic mass is 11.1. The fraction of sp³-hybridized carbons (Fsp3) is 0.667. The summed E-state index contributed by atoms with van der Waals surface area (Å²) in [7, 11) is 3.65. The number of hydrogen-bond acceptors (Lipinski definition) is 3. The molecule has 0 heterocycles. The number of hydrazine groups is 2. The van der Waals surface area contributed by atoms with E-state index >= 15 is 0 Å². The van der Waals surface area contributed by atoms with E-state index in [1.165, 1.54) is 0 Å². The number of nitrogens with one attached hydrogen (secondary N) is 2. The van der Waals surface area contributed by atoms with Crippen molar-refractivity contribution in [1.29, 1.82) is 0 Å². The summed E-state index contributed by atoms with van der Waals surface area (Å²) < 4.78 is 0. The first-order chi connectivity index (χ1) is 3.63. The Bertz CT molecular complexity index is 81.4. The number of nitrogens with zero attached hydrogens (tertiary/aromatic N) is 1. The van der Waals surface area contributed by atoms with Crippen LogP contribution in [0, 0.1) is 0 Å². The van der Waals surface area contributed by atoms with Crippen molar-refractivity contribution in [3.63, 3.8) is 0 Å². The first-order valence-electron chi connectivity index (χ1n) is 2.11. The zero-order valence-electron chi connectivity index (χ0n) is 4.93. The quantitative estimate of drug-likeness (QED) is 0.327. The molecule has 0 aliphatic heterocycles. The second-order valence-corrected chi connectivity index (χ2v) is 1.94. The number of hydrogen-bond donors (Lipinski definition) is 3. The summed E-state index contributed by atoms with van der Waals surface area (Å²) in [6.45, 7) is 0. The average Bonchev–Trinajstić information content (AvgIpc) is 1.61. The fourth-order valence-corrected chi connectivity index (χ4v) is 0.213. The summed E-state index contributed by atoms with van der Waals surface area (Å²) in [6, 6.07) is 0. The van der Waals surface area contributed by atoms with Crippen LogP contribution in [-0.2, 0) is 0 Å². The molecular formula is C3H10N4S. The molecule has 0 unspecified atom stereocenters. The summed E-state index contributed by atoms with van der Waals surface area (Å²) in [6.07, 6.45) is 0. The van der Waals surface area contributed by atoms with Crippen LogP contribution in [0.15, 0.2) is 0 Å². The van der Waals surface area contributed by atoms with Gasteiger partial charge in [0.05, 0.1) is 0 Å². The van der Waals surface area contributed by atoms with Gasteiger partial charge in [0.25, 0.3) is 0 Å². The first-order valence-corrected chi connectivity index (χ1v) is 2.52. The van der Waals surface area contributed by atoms with E-state index in [0.717, 1.165) is 0 Å². The Morgan fingerprint density at radius 3 is 2.25 bits per heavy atom. The van der Waals surface area contributed by atoms with Gasteiger partial charge < -0.3 is 5.73 Å². The Morgan fingerprint density at radius 2 is 2.12 bits per heavy atom. The maximum absolute atomic E-state index is 5.07. The monoisotopic (exact) mass is 134 g/mol. The molecule has 0 spiro atoms. The topological polar surface area (TPSA) is 53.3 Å². The predicted octanol–water partition coefficient (Wildman–Crippen LogP) is -1.20. The van der Waals surface area contributed by atoms with Crippen LogP contribution in [0.3, 0.4) is 0 Å². The normalized spacial score (nSPS) is 9.38. The maximum Gasteiger partial charge on any atom is 0.179 e. The van der Waals surface area contributed by atoms with Crippen LogP contribution in [0.5, 0.6) is 0 Å². The molecule has 0 atom stereocenters. The van der Waals surface area contributed by atoms with Crippen LogP contribution in [0.4, 0.5) is 0 Å². The summed E-state index contributed by atoms with van der Waals surface area (Å²) in [5.74, 6) is 0. The van der Waals surface area contributed by atoms with Gasteiger partial charge in [-0.3, -0.25) is 5.43 Å². The van der Waals surface area contributed by atoms with E-state index in [4.69, 9.17) is 5.73 Å². The number of rotatable bonds is 2. The van der Waals surface area contributed by atoms with Crippen LogP contribution in [0.1, 0.15) is 0 Å². The molecule has 0 saturated heterocycles. The van der Waals surface area contributed by atoms with E-state index in [-0.39, 0.29) is 5.11 Å². The van der Waals surface area contributed by atoms with Gasteiger partial charge in [-0.05, 0) is 12.2 Å². The zero-order chi connectivity index (χ0) is 6.57. The summed E-state index contributed by atoms with van der Waals surface area (Å²) in [5.41, 5.74) is 10.3. The summed E-state index contributed by atoms with van der Waals surface area (Å²) in [4.78, 5) is 0. The summed E-state index contributed by atoms with van der Waals surface area (Å²) >= 11 is 4.49. The molecular weight excluding hydrogens is 124 g/mol. The average molecular weight is 134 g/mol. The molecule has 0 aromatic carbocycles. The molecule has 0 aromatic rings. The van der Waals surface area contributed by atoms with E-state index in [0.29, 0.717) is 0 Å². The van der Waals surface area contributed by atoms with E-state index in [1.807, 2.05) is 14.1 Å². The lowest BCUT2D eigenvalue weighted by Gasteiger charge is -2.11. The van der Waals surface area contributed by atoms with Crippen LogP contribution in [-0.4, -0.2) is 24.2 Å². The molecule has 0 aromatic heterocycles. The van der Waals surface area contributed by atoms with Crippen LogP contribution in [0.25, 0.3) is 0 Å². The second kappa shape index (κ2) is 3.59. The van der Waals surface area contributed by atoms with Crippen LogP contribution in [0.2, 0.25) is 0 Å². The molecule has 4 N–H and O–H groups in total. The molecule has 0 rings (SSSR count). The molecule has 4 nitrogen and oxygen atoms in total. The van der Waals surface area contributed by atoms with Gasteiger partial charge >= 0.3 is 0 Å². The highest BCUT2D eigenvalue weighted by Crippen LogP contribution is 1.55. The van der Waals surface area contributed by atoms with Crippen molar-refractivity contribution in [1.82, 2.24) is 16.0 Å². The van der Waals surface area contributed by atoms with Crippen molar-refractivity contribution in [2.75, 3.05) is 14.1 Å². The second-order valence-electron chi connectivity index (χ2n) is 1.50. The van der Waals surface area contributed by atoms with Crippen molar-refractivity contribution >= 4 is 17.3 Å². The molecule has 0 aliphatic rings. The maximum atomic E-state index is 5.07. The summed E-state index contributed by atoms with van der Waals surface area (Å²) in [5, 5.41) is 1.93. The third kappa shape index (κ3) is 5.61.